The highest BCUT2D eigenvalue weighted by Crippen LogP contribution is 2.34. The lowest BCUT2D eigenvalue weighted by molar-refractivity contribution is -0.140. The van der Waals surface area contributed by atoms with Gasteiger partial charge in [0, 0.05) is 31.1 Å². The molecular formula is C21H19F3N4O3S2. The van der Waals surface area contributed by atoms with Gasteiger partial charge in [-0.3, -0.25) is 4.79 Å². The largest absolute Gasteiger partial charge is 0.433 e. The summed E-state index contributed by atoms with van der Waals surface area (Å²) in [5.41, 5.74) is -0.314. The van der Waals surface area contributed by atoms with Gasteiger partial charge in [-0.1, -0.05) is 6.07 Å². The second kappa shape index (κ2) is 8.41. The highest BCUT2D eigenvalue weighted by atomic mass is 32.2. The van der Waals surface area contributed by atoms with Gasteiger partial charge in [-0.25, -0.2) is 4.98 Å². The van der Waals surface area contributed by atoms with Crippen molar-refractivity contribution in [3.8, 4) is 0 Å². The van der Waals surface area contributed by atoms with Gasteiger partial charge in [-0.2, -0.15) is 21.6 Å². The lowest BCUT2D eigenvalue weighted by atomic mass is 10.1. The molecule has 0 aliphatic carbocycles. The van der Waals surface area contributed by atoms with E-state index in [0.717, 1.165) is 30.4 Å². The van der Waals surface area contributed by atoms with Crippen molar-refractivity contribution >= 4 is 49.0 Å². The summed E-state index contributed by atoms with van der Waals surface area (Å²) in [6.45, 7) is 2.36. The normalized spacial score (nSPS) is 16.0. The number of rotatable bonds is 4. The van der Waals surface area contributed by atoms with Crippen LogP contribution in [0.25, 0.3) is 10.2 Å². The minimum Gasteiger partial charge on any atom is -0.362 e. The van der Waals surface area contributed by atoms with Crippen molar-refractivity contribution in [2.75, 3.05) is 18.9 Å². The third kappa shape index (κ3) is 4.71. The van der Waals surface area contributed by atoms with E-state index in [0.29, 0.717) is 23.2 Å². The van der Waals surface area contributed by atoms with E-state index < -0.39 is 27.8 Å². The molecule has 0 saturated carbocycles. The van der Waals surface area contributed by atoms with Gasteiger partial charge in [0.05, 0.1) is 9.77 Å². The Hall–Kier alpha value is -2.99. The summed E-state index contributed by atoms with van der Waals surface area (Å²) < 4.78 is 68.2. The number of nitrogens with zero attached hydrogens (tertiary/aromatic N) is 3. The van der Waals surface area contributed by atoms with Crippen molar-refractivity contribution in [3.05, 3.63) is 52.5 Å². The highest BCUT2D eigenvalue weighted by molar-refractivity contribution is 7.90. The summed E-state index contributed by atoms with van der Waals surface area (Å²) in [6.07, 6.45) is -3.19. The molecule has 3 heterocycles. The molecule has 4 rings (SSSR count). The molecule has 1 saturated heterocycles. The van der Waals surface area contributed by atoms with E-state index in [1.54, 1.807) is 18.9 Å². The van der Waals surface area contributed by atoms with Crippen molar-refractivity contribution in [1.29, 1.82) is 0 Å². The monoisotopic (exact) mass is 496 g/mol. The van der Waals surface area contributed by atoms with Crippen LogP contribution in [-0.2, 0) is 16.2 Å². The number of sulfonamides is 1. The molecule has 1 fully saturated rings. The molecule has 0 radical (unpaired) electrons. The van der Waals surface area contributed by atoms with E-state index in [2.05, 4.69) is 14.7 Å². The first-order chi connectivity index (χ1) is 15.5. The molecule has 1 N–H and O–H groups in total. The number of benzene rings is 1. The minimum atomic E-state index is -4.59. The molecule has 12 heteroatoms. The number of anilines is 1. The third-order valence-electron chi connectivity index (χ3n) is 5.25. The molecule has 1 amide bonds. The highest BCUT2D eigenvalue weighted by Gasteiger charge is 2.33. The Morgan fingerprint density at radius 1 is 1.24 bits per heavy atom. The Labute approximate surface area is 192 Å². The third-order valence-corrected chi connectivity index (χ3v) is 7.75. The minimum absolute atomic E-state index is 0.0716. The number of hydrogen-bond acceptors (Lipinski definition) is 5. The van der Waals surface area contributed by atoms with Crippen LogP contribution in [0, 0.1) is 6.92 Å². The molecule has 0 atom stereocenters. The standard InChI is InChI=1S/C21H19F3N4O3S2/c1-12-15-8-9-16(21(22,23)24)26-20(15)32-18(12)19(29)25-13-5-3-6-14(11-13)33(30,31)27-17-7-4-10-28(17)2/h3,5-6,8-9,11H,4,7,10H2,1-2H3,(H,25,29). The van der Waals surface area contributed by atoms with Gasteiger partial charge in [0.1, 0.15) is 16.4 Å². The van der Waals surface area contributed by atoms with Crippen molar-refractivity contribution in [2.24, 2.45) is 4.40 Å². The number of halogens is 3. The van der Waals surface area contributed by atoms with Crippen molar-refractivity contribution < 1.29 is 26.4 Å². The zero-order chi connectivity index (χ0) is 24.0. The fourth-order valence-corrected chi connectivity index (χ4v) is 5.71. The predicted octanol–water partition coefficient (Wildman–Crippen LogP) is 4.69. The van der Waals surface area contributed by atoms with E-state index in [9.17, 15) is 26.4 Å². The number of fused-ring (bicyclic) bond motifs is 1. The summed E-state index contributed by atoms with van der Waals surface area (Å²) >= 11 is 0.844. The van der Waals surface area contributed by atoms with Crippen LogP contribution in [-0.4, -0.2) is 43.6 Å². The lowest BCUT2D eigenvalue weighted by Crippen LogP contribution is -2.20. The Morgan fingerprint density at radius 2 is 2.00 bits per heavy atom. The SMILES string of the molecule is Cc1c(C(=O)Nc2cccc(S(=O)(=O)N=C3CCCN3C)c2)sc2nc(C(F)(F)F)ccc12. The molecule has 0 spiro atoms. The number of hydrogen-bond donors (Lipinski definition) is 1. The molecule has 1 aliphatic heterocycles. The van der Waals surface area contributed by atoms with Crippen LogP contribution in [0.1, 0.15) is 33.8 Å². The second-order valence-electron chi connectivity index (χ2n) is 7.59. The molecule has 3 aromatic rings. The molecule has 33 heavy (non-hydrogen) atoms. The van der Waals surface area contributed by atoms with Crippen LogP contribution in [0.2, 0.25) is 0 Å². The first kappa shape index (κ1) is 23.2. The molecule has 1 aliphatic rings. The van der Waals surface area contributed by atoms with Gasteiger partial charge in [-0.05, 0) is 49.2 Å². The topological polar surface area (TPSA) is 91.7 Å². The average molecular weight is 497 g/mol. The molecule has 174 valence electrons. The fourth-order valence-electron chi connectivity index (χ4n) is 3.50. The maximum atomic E-state index is 13.0. The number of amides is 1. The number of amidine groups is 1. The smallest absolute Gasteiger partial charge is 0.362 e. The average Bonchev–Trinajstić information content (AvgIpc) is 3.30. The van der Waals surface area contributed by atoms with E-state index in [1.807, 2.05) is 0 Å². The van der Waals surface area contributed by atoms with Crippen LogP contribution in [0.4, 0.5) is 18.9 Å². The van der Waals surface area contributed by atoms with E-state index >= 15 is 0 Å². The van der Waals surface area contributed by atoms with E-state index in [4.69, 9.17) is 0 Å². The Kier molecular flexibility index (Phi) is 5.91. The number of pyridine rings is 1. The van der Waals surface area contributed by atoms with Crippen molar-refractivity contribution in [1.82, 2.24) is 9.88 Å². The maximum Gasteiger partial charge on any atom is 0.433 e. The number of carbonyl (C=O) groups excluding carboxylic acids is 1. The number of carbonyl (C=O) groups is 1. The maximum absolute atomic E-state index is 13.0. The summed E-state index contributed by atoms with van der Waals surface area (Å²) in [4.78, 5) is 18.5. The van der Waals surface area contributed by atoms with Crippen molar-refractivity contribution in [2.45, 2.75) is 30.8 Å². The summed E-state index contributed by atoms with van der Waals surface area (Å²) in [5, 5.41) is 3.07. The van der Waals surface area contributed by atoms with Gasteiger partial charge in [0.15, 0.2) is 0 Å². The summed E-state index contributed by atoms with van der Waals surface area (Å²) in [7, 11) is -2.19. The van der Waals surface area contributed by atoms with Gasteiger partial charge in [0.2, 0.25) is 0 Å². The van der Waals surface area contributed by atoms with Crippen LogP contribution in [0.3, 0.4) is 0 Å². The number of nitrogens with one attached hydrogen (secondary N) is 1. The molecule has 2 aromatic heterocycles. The quantitative estimate of drug-likeness (QED) is 0.566. The Balaban J connectivity index is 1.61. The molecule has 7 nitrogen and oxygen atoms in total. The van der Waals surface area contributed by atoms with Crippen LogP contribution in [0.5, 0.6) is 0 Å². The molecule has 0 unspecified atom stereocenters. The first-order valence-corrected chi connectivity index (χ1v) is 12.1. The molecule has 0 bridgehead atoms. The number of aryl methyl sites for hydroxylation is 1. The van der Waals surface area contributed by atoms with Gasteiger partial charge in [-0.15, -0.1) is 15.7 Å². The van der Waals surface area contributed by atoms with Crippen LogP contribution in [0.15, 0.2) is 45.7 Å². The van der Waals surface area contributed by atoms with Gasteiger partial charge in [0.25, 0.3) is 15.9 Å². The number of thiophene rings is 1. The van der Waals surface area contributed by atoms with Gasteiger partial charge >= 0.3 is 6.18 Å². The number of likely N-dealkylation sites (tertiary alicyclic amines) is 1. The second-order valence-corrected chi connectivity index (χ2v) is 10.2. The van der Waals surface area contributed by atoms with Crippen LogP contribution < -0.4 is 5.32 Å². The van der Waals surface area contributed by atoms with Crippen molar-refractivity contribution in [3.63, 3.8) is 0 Å². The molecule has 1 aromatic carbocycles. The fraction of sp³-hybridized carbons (Fsp3) is 0.286. The zero-order valence-corrected chi connectivity index (χ0v) is 19.2. The van der Waals surface area contributed by atoms with E-state index in [-0.39, 0.29) is 20.3 Å². The zero-order valence-electron chi connectivity index (χ0n) is 17.6. The molecular weight excluding hydrogens is 477 g/mol. The first-order valence-electron chi connectivity index (χ1n) is 9.89. The Morgan fingerprint density at radius 3 is 2.67 bits per heavy atom. The summed E-state index contributed by atoms with van der Waals surface area (Å²) in [5.74, 6) is -0.0866. The predicted molar refractivity (Wildman–Crippen MR) is 120 cm³/mol. The van der Waals surface area contributed by atoms with E-state index in [1.165, 1.54) is 30.3 Å². The number of aromatic nitrogens is 1. The lowest BCUT2D eigenvalue weighted by Gasteiger charge is -2.11. The summed E-state index contributed by atoms with van der Waals surface area (Å²) in [6, 6.07) is 7.86. The Bertz CT molecular complexity index is 1380. The number of alkyl halides is 3. The van der Waals surface area contributed by atoms with Gasteiger partial charge < -0.3 is 10.2 Å². The van der Waals surface area contributed by atoms with Crippen LogP contribution >= 0.6 is 11.3 Å².